The average Bonchev–Trinajstić information content (AvgIpc) is 2.75. The smallest absolute Gasteiger partial charge is 0.233 e. The van der Waals surface area contributed by atoms with Crippen LogP contribution >= 0.6 is 0 Å². The van der Waals surface area contributed by atoms with E-state index in [-0.39, 0.29) is 17.0 Å². The molecule has 5 heteroatoms. The normalized spacial score (nSPS) is 29.0. The molecule has 1 aromatic rings. The van der Waals surface area contributed by atoms with Gasteiger partial charge in [0.2, 0.25) is 10.0 Å². The molecule has 0 amide bonds. The van der Waals surface area contributed by atoms with Crippen LogP contribution in [-0.2, 0) is 14.8 Å². The molecule has 0 radical (unpaired) electrons. The Labute approximate surface area is 138 Å². The van der Waals surface area contributed by atoms with Crippen LogP contribution in [0.15, 0.2) is 18.2 Å². The minimum atomic E-state index is -3.57. The van der Waals surface area contributed by atoms with Gasteiger partial charge in [0.1, 0.15) is 5.78 Å². The lowest BCUT2D eigenvalue weighted by molar-refractivity contribution is -0.128. The molecule has 0 saturated heterocycles. The molecule has 1 aromatic carbocycles. The maximum Gasteiger partial charge on any atom is 0.233 e. The van der Waals surface area contributed by atoms with Gasteiger partial charge in [-0.2, -0.15) is 0 Å². The van der Waals surface area contributed by atoms with Crippen molar-refractivity contribution in [1.82, 2.24) is 0 Å². The van der Waals surface area contributed by atoms with Crippen molar-refractivity contribution in [2.24, 2.45) is 16.7 Å². The van der Waals surface area contributed by atoms with Gasteiger partial charge in [-0.1, -0.05) is 31.5 Å². The first-order valence-electron chi connectivity index (χ1n) is 8.18. The minimum absolute atomic E-state index is 0.102. The van der Waals surface area contributed by atoms with Gasteiger partial charge in [-0.05, 0) is 49.7 Å². The molecule has 0 spiro atoms. The molecule has 3 rings (SSSR count). The first-order chi connectivity index (χ1) is 10.6. The molecule has 0 aromatic heterocycles. The monoisotopic (exact) mass is 335 g/mol. The summed E-state index contributed by atoms with van der Waals surface area (Å²) >= 11 is 0. The lowest BCUT2D eigenvalue weighted by Gasteiger charge is -2.36. The number of sulfonamides is 1. The highest BCUT2D eigenvalue weighted by Crippen LogP contribution is 2.64. The number of Topliss-reactive ketones (excluding diaryl/α,β-unsaturated/α-hetero) is 1. The van der Waals surface area contributed by atoms with E-state index in [0.717, 1.165) is 17.5 Å². The molecule has 126 valence electrons. The summed E-state index contributed by atoms with van der Waals surface area (Å²) in [6.07, 6.45) is 2.18. The Morgan fingerprint density at radius 1 is 1.26 bits per heavy atom. The average molecular weight is 335 g/mol. The quantitative estimate of drug-likeness (QED) is 0.917. The summed E-state index contributed by atoms with van der Waals surface area (Å²) in [5, 5.41) is 0. The maximum absolute atomic E-state index is 12.7. The van der Waals surface area contributed by atoms with E-state index < -0.39 is 15.4 Å². The Bertz CT molecular complexity index is 766. The predicted molar refractivity (Wildman–Crippen MR) is 91.9 cm³/mol. The largest absolute Gasteiger partial charge is 0.299 e. The molecule has 2 bridgehead atoms. The second-order valence-corrected chi connectivity index (χ2v) is 9.57. The molecular formula is C18H25NO3S. The topological polar surface area (TPSA) is 63.2 Å². The molecule has 4 nitrogen and oxygen atoms in total. The second-order valence-electron chi connectivity index (χ2n) is 7.85. The van der Waals surface area contributed by atoms with E-state index in [2.05, 4.69) is 18.6 Å². The third-order valence-electron chi connectivity index (χ3n) is 6.22. The zero-order valence-corrected chi connectivity index (χ0v) is 15.1. The summed E-state index contributed by atoms with van der Waals surface area (Å²) in [5.41, 5.74) is 1.63. The van der Waals surface area contributed by atoms with E-state index in [4.69, 9.17) is 0 Å². The van der Waals surface area contributed by atoms with Gasteiger partial charge in [-0.3, -0.25) is 9.52 Å². The van der Waals surface area contributed by atoms with E-state index in [1.165, 1.54) is 0 Å². The number of nitrogens with one attached hydrogen (secondary N) is 1. The van der Waals surface area contributed by atoms with Crippen LogP contribution in [0.1, 0.15) is 44.2 Å². The van der Waals surface area contributed by atoms with Crippen LogP contribution in [0.25, 0.3) is 0 Å². The number of hydrogen-bond acceptors (Lipinski definition) is 3. The number of rotatable bonds is 4. The highest BCUT2D eigenvalue weighted by Gasteiger charge is 2.65. The van der Waals surface area contributed by atoms with Crippen LogP contribution in [0.3, 0.4) is 0 Å². The maximum atomic E-state index is 12.7. The number of anilines is 1. The fourth-order valence-electron chi connectivity index (χ4n) is 4.56. The molecule has 0 unspecified atom stereocenters. The number of hydrogen-bond donors (Lipinski definition) is 1. The highest BCUT2D eigenvalue weighted by atomic mass is 32.2. The van der Waals surface area contributed by atoms with Crippen LogP contribution in [0, 0.1) is 30.6 Å². The van der Waals surface area contributed by atoms with Crippen molar-refractivity contribution in [3.63, 3.8) is 0 Å². The Morgan fingerprint density at radius 2 is 1.96 bits per heavy atom. The van der Waals surface area contributed by atoms with Crippen molar-refractivity contribution in [2.75, 3.05) is 10.5 Å². The van der Waals surface area contributed by atoms with E-state index in [9.17, 15) is 13.2 Å². The predicted octanol–water partition coefficient (Wildman–Crippen LogP) is 3.44. The lowest BCUT2D eigenvalue weighted by Crippen LogP contribution is -2.43. The molecule has 1 N–H and O–H groups in total. The first-order valence-corrected chi connectivity index (χ1v) is 9.84. The number of ketones is 1. The van der Waals surface area contributed by atoms with Gasteiger partial charge in [0, 0.05) is 6.42 Å². The van der Waals surface area contributed by atoms with Gasteiger partial charge in [-0.15, -0.1) is 0 Å². The van der Waals surface area contributed by atoms with Gasteiger partial charge in [0.25, 0.3) is 0 Å². The molecule has 23 heavy (non-hydrogen) atoms. The Morgan fingerprint density at radius 3 is 2.48 bits per heavy atom. The first kappa shape index (κ1) is 16.5. The number of aryl methyl sites for hydroxylation is 2. The second kappa shape index (κ2) is 5.07. The summed E-state index contributed by atoms with van der Waals surface area (Å²) in [7, 11) is -3.57. The van der Waals surface area contributed by atoms with Crippen molar-refractivity contribution < 1.29 is 13.2 Å². The molecule has 0 aliphatic heterocycles. The summed E-state index contributed by atoms with van der Waals surface area (Å²) < 4.78 is 28.2. The zero-order chi connectivity index (χ0) is 17.0. The summed E-state index contributed by atoms with van der Waals surface area (Å²) in [4.78, 5) is 12.5. The summed E-state index contributed by atoms with van der Waals surface area (Å²) in [6.45, 7) is 7.98. The van der Waals surface area contributed by atoms with Crippen LogP contribution in [0.5, 0.6) is 0 Å². The fraction of sp³-hybridized carbons (Fsp3) is 0.611. The van der Waals surface area contributed by atoms with Crippen LogP contribution in [-0.4, -0.2) is 20.0 Å². The molecule has 2 fully saturated rings. The fourth-order valence-corrected chi connectivity index (χ4v) is 6.53. The van der Waals surface area contributed by atoms with Gasteiger partial charge >= 0.3 is 0 Å². The van der Waals surface area contributed by atoms with Gasteiger partial charge in [0.15, 0.2) is 0 Å². The van der Waals surface area contributed by atoms with Crippen molar-refractivity contribution in [3.8, 4) is 0 Å². The number of benzene rings is 1. The van der Waals surface area contributed by atoms with E-state index >= 15 is 0 Å². The minimum Gasteiger partial charge on any atom is -0.299 e. The van der Waals surface area contributed by atoms with Gasteiger partial charge < -0.3 is 0 Å². The van der Waals surface area contributed by atoms with Crippen LogP contribution in [0.2, 0.25) is 0 Å². The standard InChI is InChI=1S/C18H25NO3S/c1-12-5-6-15(13(2)9-12)19-23(21,22)11-18-8-7-14(10-16(18)20)17(18,3)4/h5-6,9,14,19H,7-8,10-11H2,1-4H3/t14-,18-/m1/s1. The summed E-state index contributed by atoms with van der Waals surface area (Å²) in [6, 6.07) is 5.63. The Hall–Kier alpha value is -1.36. The molecule has 2 saturated carbocycles. The van der Waals surface area contributed by atoms with Crippen molar-refractivity contribution in [2.45, 2.75) is 47.0 Å². The Kier molecular flexibility index (Phi) is 3.63. The van der Waals surface area contributed by atoms with Gasteiger partial charge in [-0.25, -0.2) is 8.42 Å². The number of fused-ring (bicyclic) bond motifs is 2. The molecular weight excluding hydrogens is 310 g/mol. The number of carbonyl (C=O) groups excluding carboxylic acids is 1. The molecule has 2 aliphatic carbocycles. The molecule has 2 atom stereocenters. The highest BCUT2D eigenvalue weighted by molar-refractivity contribution is 7.92. The van der Waals surface area contributed by atoms with E-state index in [0.29, 0.717) is 24.4 Å². The third-order valence-corrected chi connectivity index (χ3v) is 7.63. The van der Waals surface area contributed by atoms with Gasteiger partial charge in [0.05, 0.1) is 16.9 Å². The van der Waals surface area contributed by atoms with Crippen molar-refractivity contribution in [3.05, 3.63) is 29.3 Å². The van der Waals surface area contributed by atoms with E-state index in [1.54, 1.807) is 6.07 Å². The molecule has 2 aliphatic rings. The Balaban J connectivity index is 1.88. The zero-order valence-electron chi connectivity index (χ0n) is 14.3. The summed E-state index contributed by atoms with van der Waals surface area (Å²) in [5.74, 6) is 0.353. The van der Waals surface area contributed by atoms with Crippen molar-refractivity contribution >= 4 is 21.5 Å². The van der Waals surface area contributed by atoms with Crippen LogP contribution in [0.4, 0.5) is 5.69 Å². The lowest BCUT2D eigenvalue weighted by atomic mass is 9.70. The third kappa shape index (κ3) is 2.49. The van der Waals surface area contributed by atoms with E-state index in [1.807, 2.05) is 26.0 Å². The molecule has 0 heterocycles. The van der Waals surface area contributed by atoms with Crippen LogP contribution < -0.4 is 4.72 Å². The number of carbonyl (C=O) groups is 1. The SMILES string of the molecule is Cc1ccc(NS(=O)(=O)C[C@]23CC[C@H](CC2=O)C3(C)C)c(C)c1. The van der Waals surface area contributed by atoms with Crippen molar-refractivity contribution in [1.29, 1.82) is 0 Å².